The van der Waals surface area contributed by atoms with Crippen LogP contribution in [0.4, 0.5) is 0 Å². The average Bonchev–Trinajstić information content (AvgIpc) is 3.20. The lowest BCUT2D eigenvalue weighted by atomic mass is 9.92. The Balaban J connectivity index is 1.71. The van der Waals surface area contributed by atoms with Gasteiger partial charge in [0.05, 0.1) is 0 Å². The second-order valence-electron chi connectivity index (χ2n) is 8.44. The van der Waals surface area contributed by atoms with Gasteiger partial charge in [-0.1, -0.05) is 96.0 Å². The molecule has 34 heavy (non-hydrogen) atoms. The van der Waals surface area contributed by atoms with E-state index in [1.165, 1.54) is 22.3 Å². The third-order valence-electron chi connectivity index (χ3n) is 6.18. The highest BCUT2D eigenvalue weighted by molar-refractivity contribution is 6.31. The summed E-state index contributed by atoms with van der Waals surface area (Å²) in [5, 5.41) is 1.45. The quantitative estimate of drug-likeness (QED) is 0.261. The first-order valence-electron chi connectivity index (χ1n) is 11.2. The van der Waals surface area contributed by atoms with E-state index in [0.29, 0.717) is 10.6 Å². The first kappa shape index (κ1) is 22.4. The van der Waals surface area contributed by atoms with E-state index in [0.717, 1.165) is 33.7 Å². The van der Waals surface area contributed by atoms with Crippen molar-refractivity contribution in [3.63, 3.8) is 0 Å². The summed E-state index contributed by atoms with van der Waals surface area (Å²) in [6.45, 7) is 1.59. The Morgan fingerprint density at radius 2 is 1.35 bits per heavy atom. The summed E-state index contributed by atoms with van der Waals surface area (Å²) in [6, 6.07) is 32.3. The average molecular weight is 481 g/mol. The van der Waals surface area contributed by atoms with E-state index in [2.05, 4.69) is 42.5 Å². The molecule has 0 N–H and O–H groups in total. The molecule has 3 heteroatoms. The number of carbonyl (C=O) groups excluding carboxylic acids is 1. The predicted octanol–water partition coefficient (Wildman–Crippen LogP) is 8.69. The van der Waals surface area contributed by atoms with Crippen LogP contribution in [0.3, 0.4) is 0 Å². The molecule has 0 saturated carbocycles. The molecule has 0 bridgehead atoms. The predicted molar refractivity (Wildman–Crippen MR) is 143 cm³/mol. The molecule has 1 aliphatic rings. The lowest BCUT2D eigenvalue weighted by Gasteiger charge is -2.12. The summed E-state index contributed by atoms with van der Waals surface area (Å²) in [4.78, 5) is 11.8. The van der Waals surface area contributed by atoms with Gasteiger partial charge in [0.15, 0.2) is 5.78 Å². The van der Waals surface area contributed by atoms with E-state index >= 15 is 0 Å². The van der Waals surface area contributed by atoms with Gasteiger partial charge in [-0.05, 0) is 88.2 Å². The van der Waals surface area contributed by atoms with Crippen LogP contribution in [-0.4, -0.2) is 5.78 Å². The molecule has 0 fully saturated rings. The number of carbonyl (C=O) groups is 1. The van der Waals surface area contributed by atoms with Crippen molar-refractivity contribution in [1.29, 1.82) is 0 Å². The second-order valence-corrected chi connectivity index (χ2v) is 9.32. The van der Waals surface area contributed by atoms with Gasteiger partial charge >= 0.3 is 0 Å². The molecule has 0 aromatic heterocycles. The van der Waals surface area contributed by atoms with Gasteiger partial charge in [0.25, 0.3) is 0 Å². The lowest BCUT2D eigenvalue weighted by molar-refractivity contribution is 0.101. The molecule has 1 nitrogen and oxygen atoms in total. The molecule has 0 radical (unpaired) electrons. The summed E-state index contributed by atoms with van der Waals surface area (Å²) >= 11 is 12.5. The van der Waals surface area contributed by atoms with Crippen molar-refractivity contribution >= 4 is 40.1 Å². The first-order valence-corrected chi connectivity index (χ1v) is 11.9. The fourth-order valence-electron chi connectivity index (χ4n) is 4.51. The minimum Gasteiger partial charge on any atom is -0.295 e. The zero-order valence-electron chi connectivity index (χ0n) is 18.7. The second kappa shape index (κ2) is 9.46. The molecule has 1 aliphatic carbocycles. The number of hydrogen-bond acceptors (Lipinski definition) is 1. The van der Waals surface area contributed by atoms with E-state index < -0.39 is 0 Å². The summed E-state index contributed by atoms with van der Waals surface area (Å²) in [7, 11) is 0. The van der Waals surface area contributed by atoms with Gasteiger partial charge in [0.2, 0.25) is 0 Å². The maximum absolute atomic E-state index is 11.8. The fourth-order valence-corrected chi connectivity index (χ4v) is 4.83. The van der Waals surface area contributed by atoms with Crippen LogP contribution in [0, 0.1) is 0 Å². The third kappa shape index (κ3) is 4.50. The third-order valence-corrected chi connectivity index (χ3v) is 6.66. The minimum atomic E-state index is 0.0626. The zero-order chi connectivity index (χ0) is 23.7. The smallest absolute Gasteiger partial charge is 0.159 e. The van der Waals surface area contributed by atoms with Gasteiger partial charge < -0.3 is 0 Å². The van der Waals surface area contributed by atoms with Crippen LogP contribution in [0.1, 0.15) is 45.1 Å². The topological polar surface area (TPSA) is 17.1 Å². The highest BCUT2D eigenvalue weighted by Gasteiger charge is 2.23. The summed E-state index contributed by atoms with van der Waals surface area (Å²) in [5.41, 5.74) is 9.93. The molecule has 0 spiro atoms. The van der Waals surface area contributed by atoms with E-state index in [4.69, 9.17) is 23.2 Å². The van der Waals surface area contributed by atoms with Gasteiger partial charge in [0, 0.05) is 15.6 Å². The number of rotatable bonds is 5. The van der Waals surface area contributed by atoms with Crippen LogP contribution in [0.25, 0.3) is 11.1 Å². The molecule has 0 aliphatic heterocycles. The number of Topliss-reactive ketones (excluding diaryl/α,β-unsaturated/α-hetero) is 1. The van der Waals surface area contributed by atoms with Crippen LogP contribution in [0.15, 0.2) is 109 Å². The highest BCUT2D eigenvalue weighted by atomic mass is 35.5. The number of benzene rings is 4. The van der Waals surface area contributed by atoms with Crippen molar-refractivity contribution < 1.29 is 4.79 Å². The van der Waals surface area contributed by atoms with Gasteiger partial charge in [0.1, 0.15) is 0 Å². The normalized spacial score (nSPS) is 13.2. The summed E-state index contributed by atoms with van der Waals surface area (Å²) in [5.74, 6) is 0.0626. The summed E-state index contributed by atoms with van der Waals surface area (Å²) in [6.07, 6.45) is 3.06. The van der Waals surface area contributed by atoms with Crippen LogP contribution in [-0.2, 0) is 6.42 Å². The molecule has 166 valence electrons. The maximum Gasteiger partial charge on any atom is 0.159 e. The van der Waals surface area contributed by atoms with Crippen molar-refractivity contribution in [2.24, 2.45) is 0 Å². The Kier molecular flexibility index (Phi) is 6.24. The Morgan fingerprint density at radius 1 is 0.735 bits per heavy atom. The molecule has 0 atom stereocenters. The highest BCUT2D eigenvalue weighted by Crippen LogP contribution is 2.41. The molecule has 0 unspecified atom stereocenters. The van der Waals surface area contributed by atoms with E-state index in [1.807, 2.05) is 60.7 Å². The maximum atomic E-state index is 11.8. The van der Waals surface area contributed by atoms with E-state index in [9.17, 15) is 4.79 Å². The molecular formula is C31H22Cl2O. The number of hydrogen-bond donors (Lipinski definition) is 0. The minimum absolute atomic E-state index is 0.0626. The molecule has 0 amide bonds. The van der Waals surface area contributed by atoms with Gasteiger partial charge in [-0.3, -0.25) is 4.79 Å². The van der Waals surface area contributed by atoms with Crippen LogP contribution < -0.4 is 0 Å². The van der Waals surface area contributed by atoms with Crippen molar-refractivity contribution in [3.05, 3.63) is 152 Å². The van der Waals surface area contributed by atoms with Crippen molar-refractivity contribution in [3.8, 4) is 0 Å². The van der Waals surface area contributed by atoms with Crippen molar-refractivity contribution in [1.82, 2.24) is 0 Å². The molecule has 4 aromatic carbocycles. The number of fused-ring (bicyclic) bond motifs is 1. The standard InChI is InChI=1S/C31H22Cl2O/c1-20(34)21-7-9-23(10-8-21)30(22-5-3-2-4-6-22)19-26-17-25-18-28(33)15-16-29(25)31(26)24-11-13-27(32)14-12-24/h2-16,18-19H,17H2,1H3/b30-19+. The number of allylic oxidation sites excluding steroid dienone is 2. The van der Waals surface area contributed by atoms with Crippen molar-refractivity contribution in [2.45, 2.75) is 13.3 Å². The van der Waals surface area contributed by atoms with Gasteiger partial charge in [-0.25, -0.2) is 0 Å². The first-order chi connectivity index (χ1) is 16.5. The number of ketones is 1. The van der Waals surface area contributed by atoms with Crippen LogP contribution in [0.5, 0.6) is 0 Å². The lowest BCUT2D eigenvalue weighted by Crippen LogP contribution is -1.95. The van der Waals surface area contributed by atoms with E-state index in [1.54, 1.807) is 6.92 Å². The Morgan fingerprint density at radius 3 is 2.03 bits per heavy atom. The fraction of sp³-hybridized carbons (Fsp3) is 0.0645. The molecule has 4 aromatic rings. The molecular weight excluding hydrogens is 459 g/mol. The monoisotopic (exact) mass is 480 g/mol. The number of halogens is 2. The molecule has 5 rings (SSSR count). The molecule has 0 heterocycles. The summed E-state index contributed by atoms with van der Waals surface area (Å²) < 4.78 is 0. The Hall–Kier alpha value is -3.39. The van der Waals surface area contributed by atoms with Gasteiger partial charge in [-0.15, -0.1) is 0 Å². The largest absolute Gasteiger partial charge is 0.295 e. The Bertz CT molecular complexity index is 1430. The molecule has 0 saturated heterocycles. The van der Waals surface area contributed by atoms with Crippen LogP contribution >= 0.6 is 23.2 Å². The Labute approximate surface area is 210 Å². The SMILES string of the molecule is CC(=O)c1ccc(/C(=C/C2=C(c3ccc(Cl)cc3)c3ccc(Cl)cc3C2)c2ccccc2)cc1. The van der Waals surface area contributed by atoms with E-state index in [-0.39, 0.29) is 5.78 Å². The zero-order valence-corrected chi connectivity index (χ0v) is 20.2. The van der Waals surface area contributed by atoms with Crippen LogP contribution in [0.2, 0.25) is 10.0 Å². The van der Waals surface area contributed by atoms with Gasteiger partial charge in [-0.2, -0.15) is 0 Å². The van der Waals surface area contributed by atoms with Crippen molar-refractivity contribution in [2.75, 3.05) is 0 Å².